The van der Waals surface area contributed by atoms with Gasteiger partial charge in [0, 0.05) is 36.4 Å². The van der Waals surface area contributed by atoms with Gasteiger partial charge in [-0.15, -0.1) is 0 Å². The van der Waals surface area contributed by atoms with Crippen LogP contribution >= 0.6 is 0 Å². The molecule has 1 aliphatic heterocycles. The van der Waals surface area contributed by atoms with Gasteiger partial charge in [-0.3, -0.25) is 9.78 Å². The van der Waals surface area contributed by atoms with Gasteiger partial charge in [0.1, 0.15) is 0 Å². The van der Waals surface area contributed by atoms with E-state index in [-0.39, 0.29) is 23.4 Å². The van der Waals surface area contributed by atoms with E-state index in [1.54, 1.807) is 4.90 Å². The lowest BCUT2D eigenvalue weighted by molar-refractivity contribution is -0.163. The van der Waals surface area contributed by atoms with Crippen molar-refractivity contribution in [1.29, 1.82) is 0 Å². The second-order valence-electron chi connectivity index (χ2n) is 7.50. The fourth-order valence-electron chi connectivity index (χ4n) is 3.75. The number of rotatable bonds is 3. The Morgan fingerprint density at radius 2 is 1.90 bits per heavy atom. The number of pyridine rings is 1. The Balaban J connectivity index is 1.89. The molecule has 30 heavy (non-hydrogen) atoms. The number of nitrogens with two attached hydrogens (primary N) is 1. The van der Waals surface area contributed by atoms with Gasteiger partial charge < -0.3 is 16.0 Å². The Labute approximate surface area is 168 Å². The third kappa shape index (κ3) is 4.61. The number of aromatic nitrogens is 1. The van der Waals surface area contributed by atoms with Crippen molar-refractivity contribution < 1.29 is 31.1 Å². The molecule has 3 N–H and O–H groups in total. The molecule has 1 amide bonds. The molecule has 3 atom stereocenters. The van der Waals surface area contributed by atoms with Crippen LogP contribution in [0.2, 0.25) is 0 Å². The first-order valence-corrected chi connectivity index (χ1v) is 9.20. The van der Waals surface area contributed by atoms with Gasteiger partial charge in [0.05, 0.1) is 11.1 Å². The van der Waals surface area contributed by atoms with Crippen LogP contribution in [0.1, 0.15) is 18.9 Å². The summed E-state index contributed by atoms with van der Waals surface area (Å²) in [5, 5.41) is 2.59. The van der Waals surface area contributed by atoms with Crippen LogP contribution in [0.25, 0.3) is 10.9 Å². The Kier molecular flexibility index (Phi) is 5.85. The minimum atomic E-state index is -4.86. The van der Waals surface area contributed by atoms with Crippen LogP contribution in [-0.2, 0) is 11.0 Å². The van der Waals surface area contributed by atoms with E-state index in [0.717, 1.165) is 6.07 Å². The molecule has 0 aliphatic carbocycles. The zero-order valence-corrected chi connectivity index (χ0v) is 15.9. The van der Waals surface area contributed by atoms with Crippen molar-refractivity contribution in [2.75, 3.05) is 18.0 Å². The molecule has 164 valence electrons. The van der Waals surface area contributed by atoms with Gasteiger partial charge in [-0.05, 0) is 36.6 Å². The second kappa shape index (κ2) is 7.93. The maximum atomic E-state index is 13.3. The third-order valence-electron chi connectivity index (χ3n) is 5.03. The zero-order chi connectivity index (χ0) is 22.3. The molecule has 1 aromatic heterocycles. The highest BCUT2D eigenvalue weighted by molar-refractivity contribution is 5.94. The van der Waals surface area contributed by atoms with Gasteiger partial charge in [-0.1, -0.05) is 6.92 Å². The SMILES string of the molecule is C[C@H]1C[C@@H](NC(=O)[C@H](N)C(F)(F)F)CN(c2ccc(C(F)(F)F)c3ncccc23)C1. The zero-order valence-electron chi connectivity index (χ0n) is 15.9. The van der Waals surface area contributed by atoms with Gasteiger partial charge in [0.15, 0.2) is 6.04 Å². The highest BCUT2D eigenvalue weighted by Gasteiger charge is 2.43. The maximum Gasteiger partial charge on any atom is 0.418 e. The molecule has 0 bridgehead atoms. The summed E-state index contributed by atoms with van der Waals surface area (Å²) in [4.78, 5) is 17.5. The van der Waals surface area contributed by atoms with Crippen molar-refractivity contribution in [2.24, 2.45) is 11.7 Å². The number of carbonyl (C=O) groups excluding carboxylic acids is 1. The maximum absolute atomic E-state index is 13.3. The average Bonchev–Trinajstić information content (AvgIpc) is 2.64. The van der Waals surface area contributed by atoms with E-state index in [4.69, 9.17) is 5.73 Å². The van der Waals surface area contributed by atoms with Crippen LogP contribution < -0.4 is 16.0 Å². The standard InChI is InChI=1S/C19H20F6N4O/c1-10-7-11(28-17(30)16(26)19(23,24)25)9-29(8-10)14-5-4-13(18(20,21)22)15-12(14)3-2-6-27-15/h2-6,10-11,16H,7-9,26H2,1H3,(H,28,30)/t10-,11+,16-/m0/s1. The van der Waals surface area contributed by atoms with Crippen LogP contribution in [0.5, 0.6) is 0 Å². The van der Waals surface area contributed by atoms with E-state index in [9.17, 15) is 31.1 Å². The fourth-order valence-corrected chi connectivity index (χ4v) is 3.75. The summed E-state index contributed by atoms with van der Waals surface area (Å²) < 4.78 is 78.0. The summed E-state index contributed by atoms with van der Waals surface area (Å²) in [7, 11) is 0. The summed E-state index contributed by atoms with van der Waals surface area (Å²) in [6, 6.07) is 2.02. The molecule has 1 aliphatic rings. The Bertz CT molecular complexity index is 929. The van der Waals surface area contributed by atoms with E-state index < -0.39 is 35.9 Å². The lowest BCUT2D eigenvalue weighted by Gasteiger charge is -2.39. The van der Waals surface area contributed by atoms with E-state index in [2.05, 4.69) is 10.3 Å². The monoisotopic (exact) mass is 434 g/mol. The summed E-state index contributed by atoms with van der Waals surface area (Å²) in [6.45, 7) is 2.45. The molecule has 2 heterocycles. The number of alkyl halides is 6. The summed E-state index contributed by atoms with van der Waals surface area (Å²) in [5.41, 5.74) is 4.35. The number of nitrogens with one attached hydrogen (secondary N) is 1. The predicted molar refractivity (Wildman–Crippen MR) is 98.7 cm³/mol. The second-order valence-corrected chi connectivity index (χ2v) is 7.50. The third-order valence-corrected chi connectivity index (χ3v) is 5.03. The van der Waals surface area contributed by atoms with Crippen LogP contribution in [0.15, 0.2) is 30.5 Å². The molecule has 0 unspecified atom stereocenters. The molecule has 3 rings (SSSR count). The first-order chi connectivity index (χ1) is 13.9. The van der Waals surface area contributed by atoms with E-state index in [1.807, 2.05) is 6.92 Å². The lowest BCUT2D eigenvalue weighted by atomic mass is 9.94. The fraction of sp³-hybridized carbons (Fsp3) is 0.474. The molecule has 0 saturated carbocycles. The van der Waals surface area contributed by atoms with Crippen LogP contribution in [0.3, 0.4) is 0 Å². The van der Waals surface area contributed by atoms with Gasteiger partial charge in [0.25, 0.3) is 0 Å². The number of piperidine rings is 1. The number of anilines is 1. The molecule has 1 aromatic carbocycles. The molecule has 5 nitrogen and oxygen atoms in total. The molecular weight excluding hydrogens is 414 g/mol. The number of hydrogen-bond donors (Lipinski definition) is 2. The van der Waals surface area contributed by atoms with Crippen molar-refractivity contribution in [3.05, 3.63) is 36.0 Å². The number of fused-ring (bicyclic) bond motifs is 1. The van der Waals surface area contributed by atoms with Crippen molar-refractivity contribution in [2.45, 2.75) is 37.8 Å². The van der Waals surface area contributed by atoms with Gasteiger partial charge in [-0.25, -0.2) is 0 Å². The van der Waals surface area contributed by atoms with Gasteiger partial charge >= 0.3 is 12.4 Å². The summed E-state index contributed by atoms with van der Waals surface area (Å²) >= 11 is 0. The minimum absolute atomic E-state index is 0.0276. The molecule has 0 radical (unpaired) electrons. The first kappa shape index (κ1) is 22.1. The normalized spacial score (nSPS) is 21.5. The van der Waals surface area contributed by atoms with E-state index in [1.165, 1.54) is 24.4 Å². The van der Waals surface area contributed by atoms with Crippen molar-refractivity contribution in [3.8, 4) is 0 Å². The van der Waals surface area contributed by atoms with E-state index >= 15 is 0 Å². The largest absolute Gasteiger partial charge is 0.418 e. The number of halogens is 6. The molecule has 1 fully saturated rings. The molecular formula is C19H20F6N4O. The minimum Gasteiger partial charge on any atom is -0.369 e. The number of hydrogen-bond acceptors (Lipinski definition) is 4. The van der Waals surface area contributed by atoms with Crippen LogP contribution in [-0.4, -0.2) is 42.2 Å². The van der Waals surface area contributed by atoms with Crippen molar-refractivity contribution in [3.63, 3.8) is 0 Å². The molecule has 1 saturated heterocycles. The average molecular weight is 434 g/mol. The molecule has 0 spiro atoms. The van der Waals surface area contributed by atoms with E-state index in [0.29, 0.717) is 18.7 Å². The number of carbonyl (C=O) groups is 1. The lowest BCUT2D eigenvalue weighted by Crippen LogP contribution is -2.57. The Morgan fingerprint density at radius 3 is 2.53 bits per heavy atom. The quantitative estimate of drug-likeness (QED) is 0.726. The van der Waals surface area contributed by atoms with Crippen LogP contribution in [0, 0.1) is 5.92 Å². The summed E-state index contributed by atoms with van der Waals surface area (Å²) in [5.74, 6) is -1.36. The highest BCUT2D eigenvalue weighted by Crippen LogP contribution is 2.38. The van der Waals surface area contributed by atoms with Gasteiger partial charge in [0.2, 0.25) is 5.91 Å². The van der Waals surface area contributed by atoms with Crippen LogP contribution in [0.4, 0.5) is 32.0 Å². The number of amides is 1. The Morgan fingerprint density at radius 1 is 1.20 bits per heavy atom. The van der Waals surface area contributed by atoms with Gasteiger partial charge in [-0.2, -0.15) is 26.3 Å². The number of nitrogens with zero attached hydrogens (tertiary/aromatic N) is 2. The topological polar surface area (TPSA) is 71.2 Å². The Hall–Kier alpha value is -2.56. The smallest absolute Gasteiger partial charge is 0.369 e. The molecule has 2 aromatic rings. The first-order valence-electron chi connectivity index (χ1n) is 9.20. The van der Waals surface area contributed by atoms with Crippen molar-refractivity contribution in [1.82, 2.24) is 10.3 Å². The summed E-state index contributed by atoms with van der Waals surface area (Å²) in [6.07, 6.45) is -7.75. The highest BCUT2D eigenvalue weighted by atomic mass is 19.4. The predicted octanol–water partition coefficient (Wildman–Crippen LogP) is 3.47. The number of benzene rings is 1. The van der Waals surface area contributed by atoms with Crippen molar-refractivity contribution >= 4 is 22.5 Å². The molecule has 11 heteroatoms.